The van der Waals surface area contributed by atoms with Gasteiger partial charge >= 0.3 is 0 Å². The molecule has 0 saturated heterocycles. The molecule has 1 heterocycles. The third-order valence-corrected chi connectivity index (χ3v) is 1.30. The molecule has 0 amide bonds. The topological polar surface area (TPSA) is 36.8 Å². The van der Waals surface area contributed by atoms with E-state index in [4.69, 9.17) is 0 Å². The van der Waals surface area contributed by atoms with Crippen molar-refractivity contribution in [1.82, 2.24) is 5.43 Å². The van der Waals surface area contributed by atoms with Gasteiger partial charge in [0.15, 0.2) is 0 Å². The van der Waals surface area contributed by atoms with Crippen molar-refractivity contribution in [3.05, 3.63) is 11.6 Å². The van der Waals surface area contributed by atoms with Gasteiger partial charge in [0, 0.05) is 12.6 Å². The van der Waals surface area contributed by atoms with E-state index in [0.717, 1.165) is 17.8 Å². The molecular formula is C9H17N3. The van der Waals surface area contributed by atoms with E-state index in [1.807, 2.05) is 13.8 Å². The first-order valence-corrected chi connectivity index (χ1v) is 4.35. The molecule has 12 heavy (non-hydrogen) atoms. The van der Waals surface area contributed by atoms with Gasteiger partial charge in [-0.05, 0) is 6.42 Å². The van der Waals surface area contributed by atoms with Gasteiger partial charge in [-0.3, -0.25) is 10.4 Å². The van der Waals surface area contributed by atoms with Crippen LogP contribution in [-0.4, -0.2) is 19.1 Å². The Balaban J connectivity index is 0.000000561. The lowest BCUT2D eigenvalue weighted by Crippen LogP contribution is -2.12. The minimum absolute atomic E-state index is 0.863. The molecule has 1 rings (SSSR count). The molecule has 68 valence electrons. The summed E-state index contributed by atoms with van der Waals surface area (Å²) in [5, 5.41) is 3.86. The van der Waals surface area contributed by atoms with Crippen LogP contribution in [0.3, 0.4) is 0 Å². The van der Waals surface area contributed by atoms with E-state index in [-0.39, 0.29) is 0 Å². The normalized spacial score (nSPS) is 20.7. The van der Waals surface area contributed by atoms with Crippen molar-refractivity contribution in [1.29, 1.82) is 0 Å². The molecule has 0 atom stereocenters. The number of hydrogen-bond donors (Lipinski definition) is 1. The number of nitrogens with zero attached hydrogens (tertiary/aromatic N) is 2. The molecule has 0 radical (unpaired) electrons. The molecule has 0 aromatic heterocycles. The van der Waals surface area contributed by atoms with Gasteiger partial charge in [-0.15, -0.1) is 0 Å². The lowest BCUT2D eigenvalue weighted by Gasteiger charge is -1.93. The van der Waals surface area contributed by atoms with Gasteiger partial charge in [-0.1, -0.05) is 26.8 Å². The van der Waals surface area contributed by atoms with Gasteiger partial charge in [0.05, 0.1) is 6.21 Å². The first-order valence-electron chi connectivity index (χ1n) is 4.35. The van der Waals surface area contributed by atoms with E-state index in [2.05, 4.69) is 28.5 Å². The summed E-state index contributed by atoms with van der Waals surface area (Å²) in [5.41, 5.74) is 3.88. The number of amidine groups is 1. The number of aliphatic imine (C=N–C) groups is 1. The fourth-order valence-electron chi connectivity index (χ4n) is 0.837. The molecule has 3 nitrogen and oxygen atoms in total. The molecule has 0 saturated carbocycles. The van der Waals surface area contributed by atoms with E-state index >= 15 is 0 Å². The molecule has 0 spiro atoms. The predicted molar refractivity (Wildman–Crippen MR) is 54.7 cm³/mol. The van der Waals surface area contributed by atoms with Gasteiger partial charge in [-0.25, -0.2) is 0 Å². The van der Waals surface area contributed by atoms with Crippen molar-refractivity contribution in [3.63, 3.8) is 0 Å². The van der Waals surface area contributed by atoms with Crippen molar-refractivity contribution in [2.75, 3.05) is 7.05 Å². The Morgan fingerprint density at radius 2 is 2.25 bits per heavy atom. The molecule has 0 aromatic carbocycles. The van der Waals surface area contributed by atoms with Gasteiger partial charge in [0.1, 0.15) is 5.84 Å². The molecular weight excluding hydrogens is 150 g/mol. The summed E-state index contributed by atoms with van der Waals surface area (Å²) in [6.07, 6.45) is 4.89. The van der Waals surface area contributed by atoms with Crippen molar-refractivity contribution in [2.45, 2.75) is 27.2 Å². The van der Waals surface area contributed by atoms with Gasteiger partial charge < -0.3 is 0 Å². The fraction of sp³-hybridized carbons (Fsp3) is 0.556. The lowest BCUT2D eigenvalue weighted by molar-refractivity contribution is 1.05. The molecule has 1 aliphatic heterocycles. The monoisotopic (exact) mass is 167 g/mol. The third kappa shape index (κ3) is 2.86. The van der Waals surface area contributed by atoms with Crippen molar-refractivity contribution in [3.8, 4) is 0 Å². The molecule has 0 bridgehead atoms. The zero-order valence-corrected chi connectivity index (χ0v) is 8.26. The van der Waals surface area contributed by atoms with Crippen LogP contribution in [0.4, 0.5) is 0 Å². The highest BCUT2D eigenvalue weighted by Crippen LogP contribution is 2.00. The van der Waals surface area contributed by atoms with Crippen LogP contribution in [0.2, 0.25) is 0 Å². The first-order chi connectivity index (χ1) is 5.88. The largest absolute Gasteiger partial charge is 0.270 e. The molecule has 0 aliphatic carbocycles. The summed E-state index contributed by atoms with van der Waals surface area (Å²) in [6.45, 7) is 6.09. The van der Waals surface area contributed by atoms with Crippen LogP contribution in [0, 0.1) is 0 Å². The Bertz CT molecular complexity index is 202. The second-order valence-corrected chi connectivity index (χ2v) is 2.01. The SMILES string of the molecule is CC.CC/C=C1/C=NNC1=NC. The number of hydrazone groups is 1. The van der Waals surface area contributed by atoms with Crippen LogP contribution in [0.25, 0.3) is 0 Å². The summed E-state index contributed by atoms with van der Waals surface area (Å²) < 4.78 is 0. The van der Waals surface area contributed by atoms with Crippen LogP contribution in [0.15, 0.2) is 21.7 Å². The maximum atomic E-state index is 4.00. The van der Waals surface area contributed by atoms with Crippen LogP contribution in [0.1, 0.15) is 27.2 Å². The summed E-state index contributed by atoms with van der Waals surface area (Å²) in [6, 6.07) is 0. The van der Waals surface area contributed by atoms with Crippen LogP contribution < -0.4 is 5.43 Å². The molecule has 1 N–H and O–H groups in total. The minimum Gasteiger partial charge on any atom is -0.270 e. The zero-order valence-electron chi connectivity index (χ0n) is 8.26. The number of allylic oxidation sites excluding steroid dienone is 1. The highest BCUT2D eigenvalue weighted by molar-refractivity contribution is 6.17. The highest BCUT2D eigenvalue weighted by Gasteiger charge is 2.06. The summed E-state index contributed by atoms with van der Waals surface area (Å²) >= 11 is 0. The molecule has 0 aromatic rings. The van der Waals surface area contributed by atoms with Gasteiger partial charge in [0.25, 0.3) is 0 Å². The Morgan fingerprint density at radius 1 is 1.58 bits per heavy atom. The summed E-state index contributed by atoms with van der Waals surface area (Å²) in [5.74, 6) is 0.863. The molecule has 0 fully saturated rings. The lowest BCUT2D eigenvalue weighted by atomic mass is 10.2. The minimum atomic E-state index is 0.863. The van der Waals surface area contributed by atoms with Crippen LogP contribution >= 0.6 is 0 Å². The van der Waals surface area contributed by atoms with E-state index < -0.39 is 0 Å². The van der Waals surface area contributed by atoms with Crippen LogP contribution in [0.5, 0.6) is 0 Å². The van der Waals surface area contributed by atoms with Crippen molar-refractivity contribution < 1.29 is 0 Å². The van der Waals surface area contributed by atoms with E-state index in [0.29, 0.717) is 0 Å². The van der Waals surface area contributed by atoms with E-state index in [9.17, 15) is 0 Å². The Hall–Kier alpha value is -1.12. The highest BCUT2D eigenvalue weighted by atomic mass is 15.3. The maximum absolute atomic E-state index is 4.00. The fourth-order valence-corrected chi connectivity index (χ4v) is 0.837. The average Bonchev–Trinajstić information content (AvgIpc) is 2.56. The Kier molecular flexibility index (Phi) is 5.97. The second-order valence-electron chi connectivity index (χ2n) is 2.01. The smallest absolute Gasteiger partial charge is 0.149 e. The molecule has 1 aliphatic rings. The Labute approximate surface area is 74.3 Å². The molecule has 3 heteroatoms. The number of nitrogens with one attached hydrogen (secondary N) is 1. The maximum Gasteiger partial charge on any atom is 0.149 e. The van der Waals surface area contributed by atoms with Gasteiger partial charge in [0.2, 0.25) is 0 Å². The van der Waals surface area contributed by atoms with Gasteiger partial charge in [-0.2, -0.15) is 5.10 Å². The van der Waals surface area contributed by atoms with Crippen LogP contribution in [-0.2, 0) is 0 Å². The average molecular weight is 167 g/mol. The quantitative estimate of drug-likeness (QED) is 0.637. The summed E-state index contributed by atoms with van der Waals surface area (Å²) in [4.78, 5) is 4.00. The van der Waals surface area contributed by atoms with E-state index in [1.165, 1.54) is 0 Å². The van der Waals surface area contributed by atoms with Crippen molar-refractivity contribution >= 4 is 12.1 Å². The first kappa shape index (κ1) is 10.9. The third-order valence-electron chi connectivity index (χ3n) is 1.30. The zero-order chi connectivity index (χ0) is 9.40. The summed E-state index contributed by atoms with van der Waals surface area (Å²) in [7, 11) is 1.75. The number of rotatable bonds is 1. The molecule has 0 unspecified atom stereocenters. The predicted octanol–water partition coefficient (Wildman–Crippen LogP) is 1.97. The standard InChI is InChI=1S/C7H11N3.C2H6/c1-3-4-6-5-9-10-7(6)8-2;1-2/h4-5H,3H2,1-2H3,(H,8,10);1-2H3/b6-4-;. The van der Waals surface area contributed by atoms with Crippen molar-refractivity contribution in [2.24, 2.45) is 10.1 Å². The number of hydrogen-bond acceptors (Lipinski definition) is 2. The second kappa shape index (κ2) is 6.58. The van der Waals surface area contributed by atoms with E-state index in [1.54, 1.807) is 13.3 Å². The Morgan fingerprint density at radius 3 is 2.75 bits per heavy atom.